The molecule has 26 heavy (non-hydrogen) atoms. The van der Waals surface area contributed by atoms with Gasteiger partial charge in [-0.2, -0.15) is 5.10 Å². The molecule has 0 aliphatic heterocycles. The van der Waals surface area contributed by atoms with Crippen LogP contribution in [0.3, 0.4) is 0 Å². The third-order valence-corrected chi connectivity index (χ3v) is 4.28. The van der Waals surface area contributed by atoms with Gasteiger partial charge in [-0.3, -0.25) is 4.79 Å². The number of para-hydroxylation sites is 1. The number of aromatic nitrogens is 3. The van der Waals surface area contributed by atoms with Gasteiger partial charge < -0.3 is 4.74 Å². The van der Waals surface area contributed by atoms with E-state index in [-0.39, 0.29) is 12.5 Å². The van der Waals surface area contributed by atoms with Crippen LogP contribution in [0.2, 0.25) is 5.02 Å². The SMILES string of the molecule is CC(Cn1nnc2ccccc21)=NNC(=O)COc1ccc(Cl)cc1Br. The van der Waals surface area contributed by atoms with Gasteiger partial charge in [0.1, 0.15) is 11.3 Å². The number of rotatable bonds is 6. The highest BCUT2D eigenvalue weighted by atomic mass is 79.9. The number of carbonyl (C=O) groups excluding carboxylic acids is 1. The lowest BCUT2D eigenvalue weighted by atomic mass is 10.3. The molecule has 1 heterocycles. The molecule has 0 saturated carbocycles. The number of ether oxygens (including phenoxy) is 1. The molecule has 9 heteroatoms. The molecule has 0 atom stereocenters. The van der Waals surface area contributed by atoms with Crippen molar-refractivity contribution in [2.75, 3.05) is 6.61 Å². The van der Waals surface area contributed by atoms with E-state index in [0.717, 1.165) is 11.0 Å². The van der Waals surface area contributed by atoms with Crippen molar-refractivity contribution in [1.82, 2.24) is 20.4 Å². The van der Waals surface area contributed by atoms with E-state index in [2.05, 4.69) is 36.8 Å². The van der Waals surface area contributed by atoms with E-state index < -0.39 is 0 Å². The molecule has 0 radical (unpaired) electrons. The van der Waals surface area contributed by atoms with E-state index in [1.165, 1.54) is 0 Å². The van der Waals surface area contributed by atoms with Gasteiger partial charge in [-0.05, 0) is 53.2 Å². The van der Waals surface area contributed by atoms with Gasteiger partial charge >= 0.3 is 0 Å². The van der Waals surface area contributed by atoms with Gasteiger partial charge in [0, 0.05) is 5.02 Å². The minimum Gasteiger partial charge on any atom is -0.483 e. The Morgan fingerprint density at radius 3 is 2.96 bits per heavy atom. The van der Waals surface area contributed by atoms with E-state index in [9.17, 15) is 4.79 Å². The van der Waals surface area contributed by atoms with Gasteiger partial charge in [-0.25, -0.2) is 10.1 Å². The maximum Gasteiger partial charge on any atom is 0.277 e. The van der Waals surface area contributed by atoms with E-state index >= 15 is 0 Å². The summed E-state index contributed by atoms with van der Waals surface area (Å²) in [5.74, 6) is 0.161. The summed E-state index contributed by atoms with van der Waals surface area (Å²) in [5, 5.41) is 12.8. The fourth-order valence-corrected chi connectivity index (χ4v) is 3.01. The molecular weight excluding hydrogens is 422 g/mol. The molecule has 2 aromatic carbocycles. The Balaban J connectivity index is 1.54. The Kier molecular flexibility index (Phi) is 5.85. The van der Waals surface area contributed by atoms with Crippen LogP contribution in [0, 0.1) is 0 Å². The van der Waals surface area contributed by atoms with E-state index in [0.29, 0.717) is 27.5 Å². The van der Waals surface area contributed by atoms with Crippen molar-refractivity contribution in [3.63, 3.8) is 0 Å². The Morgan fingerprint density at radius 2 is 2.15 bits per heavy atom. The smallest absolute Gasteiger partial charge is 0.277 e. The molecule has 7 nitrogen and oxygen atoms in total. The van der Waals surface area contributed by atoms with Crippen molar-refractivity contribution in [1.29, 1.82) is 0 Å². The number of hydrogen-bond acceptors (Lipinski definition) is 5. The Morgan fingerprint density at radius 1 is 1.35 bits per heavy atom. The van der Waals surface area contributed by atoms with Gasteiger partial charge in [-0.1, -0.05) is 28.9 Å². The zero-order valence-electron chi connectivity index (χ0n) is 13.8. The largest absolute Gasteiger partial charge is 0.483 e. The maximum atomic E-state index is 11.9. The minimum atomic E-state index is -0.366. The average molecular weight is 437 g/mol. The summed E-state index contributed by atoms with van der Waals surface area (Å²) in [6.45, 7) is 2.06. The number of nitrogens with one attached hydrogen (secondary N) is 1. The predicted octanol–water partition coefficient (Wildman–Crippen LogP) is 3.42. The summed E-state index contributed by atoms with van der Waals surface area (Å²) in [7, 11) is 0. The molecule has 1 aromatic heterocycles. The molecule has 3 aromatic rings. The summed E-state index contributed by atoms with van der Waals surface area (Å²) in [6.07, 6.45) is 0. The number of halogens is 2. The lowest BCUT2D eigenvalue weighted by molar-refractivity contribution is -0.123. The van der Waals surface area contributed by atoms with Crippen molar-refractivity contribution in [3.05, 3.63) is 52.0 Å². The lowest BCUT2D eigenvalue weighted by Gasteiger charge is -2.08. The molecule has 0 bridgehead atoms. The Labute approximate surface area is 163 Å². The van der Waals surface area contributed by atoms with Crippen molar-refractivity contribution >= 4 is 50.2 Å². The lowest BCUT2D eigenvalue weighted by Crippen LogP contribution is -2.26. The first-order valence-electron chi connectivity index (χ1n) is 7.71. The molecule has 0 fully saturated rings. The third-order valence-electron chi connectivity index (χ3n) is 3.42. The fraction of sp³-hybridized carbons (Fsp3) is 0.176. The predicted molar refractivity (Wildman–Crippen MR) is 103 cm³/mol. The highest BCUT2D eigenvalue weighted by Crippen LogP contribution is 2.27. The molecule has 3 rings (SSSR count). The number of fused-ring (bicyclic) bond motifs is 1. The topological polar surface area (TPSA) is 81.4 Å². The number of nitrogens with zero attached hydrogens (tertiary/aromatic N) is 4. The standard InChI is InChI=1S/C17H15BrClN5O2/c1-11(9-24-15-5-3-2-4-14(15)21-23-24)20-22-17(25)10-26-16-7-6-12(19)8-13(16)18/h2-8H,9-10H2,1H3,(H,22,25). The van der Waals surface area contributed by atoms with Gasteiger partial charge in [0.15, 0.2) is 6.61 Å². The molecule has 0 spiro atoms. The van der Waals surface area contributed by atoms with Crippen molar-refractivity contribution in [3.8, 4) is 5.75 Å². The normalized spacial score (nSPS) is 11.6. The van der Waals surface area contributed by atoms with Crippen LogP contribution in [0.15, 0.2) is 52.0 Å². The molecular formula is C17H15BrClN5O2. The van der Waals surface area contributed by atoms with Gasteiger partial charge in [0.25, 0.3) is 5.91 Å². The van der Waals surface area contributed by atoms with Crippen LogP contribution < -0.4 is 10.2 Å². The van der Waals surface area contributed by atoms with Crippen LogP contribution in [-0.4, -0.2) is 33.2 Å². The second-order valence-corrected chi connectivity index (χ2v) is 6.77. The molecule has 0 unspecified atom stereocenters. The summed E-state index contributed by atoms with van der Waals surface area (Å²) in [5.41, 5.74) is 4.87. The van der Waals surface area contributed by atoms with Crippen LogP contribution in [0.4, 0.5) is 0 Å². The average Bonchev–Trinajstić information content (AvgIpc) is 3.02. The minimum absolute atomic E-state index is 0.163. The zero-order valence-corrected chi connectivity index (χ0v) is 16.2. The van der Waals surface area contributed by atoms with E-state index in [1.807, 2.05) is 24.3 Å². The van der Waals surface area contributed by atoms with Crippen LogP contribution in [0.1, 0.15) is 6.92 Å². The van der Waals surface area contributed by atoms with E-state index in [1.54, 1.807) is 29.8 Å². The van der Waals surface area contributed by atoms with Crippen LogP contribution in [0.5, 0.6) is 5.75 Å². The van der Waals surface area contributed by atoms with Gasteiger partial charge in [0.2, 0.25) is 0 Å². The third kappa shape index (κ3) is 4.59. The molecule has 1 amide bonds. The highest BCUT2D eigenvalue weighted by molar-refractivity contribution is 9.10. The zero-order chi connectivity index (χ0) is 18.5. The van der Waals surface area contributed by atoms with Crippen LogP contribution >= 0.6 is 27.5 Å². The Hall–Kier alpha value is -2.45. The van der Waals surface area contributed by atoms with Crippen molar-refractivity contribution < 1.29 is 9.53 Å². The van der Waals surface area contributed by atoms with Crippen LogP contribution in [-0.2, 0) is 11.3 Å². The molecule has 1 N–H and O–H groups in total. The van der Waals surface area contributed by atoms with Gasteiger partial charge in [0.05, 0.1) is 22.2 Å². The molecule has 0 aliphatic rings. The molecule has 0 saturated heterocycles. The first-order valence-corrected chi connectivity index (χ1v) is 8.88. The first-order chi connectivity index (χ1) is 12.5. The summed E-state index contributed by atoms with van der Waals surface area (Å²) >= 11 is 9.19. The second-order valence-electron chi connectivity index (χ2n) is 5.48. The fourth-order valence-electron chi connectivity index (χ4n) is 2.21. The van der Waals surface area contributed by atoms with E-state index in [4.69, 9.17) is 16.3 Å². The van der Waals surface area contributed by atoms with Crippen molar-refractivity contribution in [2.45, 2.75) is 13.5 Å². The number of carbonyl (C=O) groups is 1. The summed E-state index contributed by atoms with van der Waals surface area (Å²) in [4.78, 5) is 11.9. The maximum absolute atomic E-state index is 11.9. The molecule has 0 aliphatic carbocycles. The molecule has 134 valence electrons. The quantitative estimate of drug-likeness (QED) is 0.474. The second kappa shape index (κ2) is 8.29. The summed E-state index contributed by atoms with van der Waals surface area (Å²) < 4.78 is 7.84. The van der Waals surface area contributed by atoms with Gasteiger partial charge in [-0.15, -0.1) is 5.10 Å². The summed E-state index contributed by atoms with van der Waals surface area (Å²) in [6, 6.07) is 12.7. The number of amides is 1. The number of hydrazone groups is 1. The van der Waals surface area contributed by atoms with Crippen molar-refractivity contribution in [2.24, 2.45) is 5.10 Å². The number of hydrogen-bond donors (Lipinski definition) is 1. The van der Waals surface area contributed by atoms with Crippen LogP contribution in [0.25, 0.3) is 11.0 Å². The Bertz CT molecular complexity index is 973. The highest BCUT2D eigenvalue weighted by Gasteiger charge is 2.07. The number of benzene rings is 2. The first kappa shape index (κ1) is 18.3. The monoisotopic (exact) mass is 435 g/mol.